The zero-order valence-electron chi connectivity index (χ0n) is 38.4. The van der Waals surface area contributed by atoms with Gasteiger partial charge in [0.1, 0.15) is 35.0 Å². The van der Waals surface area contributed by atoms with E-state index in [0.29, 0.717) is 68.4 Å². The van der Waals surface area contributed by atoms with Gasteiger partial charge in [0.25, 0.3) is 11.6 Å². The van der Waals surface area contributed by atoms with Crippen molar-refractivity contribution in [2.75, 3.05) is 74.4 Å². The number of rotatable bonds is 9. The average molecular weight is 961 g/mol. The van der Waals surface area contributed by atoms with E-state index in [1.54, 1.807) is 18.3 Å². The molecule has 1 aliphatic carbocycles. The van der Waals surface area contributed by atoms with E-state index in [0.717, 1.165) is 50.1 Å². The van der Waals surface area contributed by atoms with Crippen LogP contribution in [0.25, 0.3) is 11.0 Å². The first-order valence-electron chi connectivity index (χ1n) is 24.2. The number of hydrogen-bond donors (Lipinski definition) is 3. The molecule has 6 aliphatic heterocycles. The lowest BCUT2D eigenvalue weighted by Crippen LogP contribution is -2.55. The van der Waals surface area contributed by atoms with Gasteiger partial charge in [-0.15, -0.1) is 0 Å². The van der Waals surface area contributed by atoms with Gasteiger partial charge in [-0.2, -0.15) is 4.98 Å². The van der Waals surface area contributed by atoms with Gasteiger partial charge in [-0.25, -0.2) is 8.42 Å². The summed E-state index contributed by atoms with van der Waals surface area (Å²) in [6.45, 7) is 6.06. The van der Waals surface area contributed by atoms with Crippen molar-refractivity contribution >= 4 is 55.2 Å². The lowest BCUT2D eigenvalue weighted by Gasteiger charge is -2.56. The van der Waals surface area contributed by atoms with Crippen LogP contribution in [0.5, 0.6) is 11.6 Å². The highest BCUT2D eigenvalue weighted by molar-refractivity contribution is 7.91. The molecule has 3 aromatic carbocycles. The molecule has 4 saturated heterocycles. The molecule has 2 aromatic heterocycles. The predicted molar refractivity (Wildman–Crippen MR) is 256 cm³/mol. The van der Waals surface area contributed by atoms with Crippen molar-refractivity contribution in [3.05, 3.63) is 93.7 Å². The topological polar surface area (TPSA) is 217 Å². The Labute approximate surface area is 399 Å². The van der Waals surface area contributed by atoms with E-state index >= 15 is 8.42 Å². The number of ether oxygens (including phenoxy) is 5. The minimum Gasteiger partial charge on any atom is -0.489 e. The number of sulfone groups is 1. The molecule has 0 bridgehead atoms. The lowest BCUT2D eigenvalue weighted by atomic mass is 9.59. The molecule has 8 heterocycles. The Bertz CT molecular complexity index is 2960. The molecule has 362 valence electrons. The quantitative estimate of drug-likeness (QED) is 0.105. The van der Waals surface area contributed by atoms with Crippen LogP contribution in [0.4, 0.5) is 28.4 Å². The number of carbonyl (C=O) groups excluding carboxylic acids is 1. The van der Waals surface area contributed by atoms with Gasteiger partial charge < -0.3 is 49.5 Å². The number of nitrogens with zero attached hydrogens (tertiary/aromatic N) is 5. The fourth-order valence-electron chi connectivity index (χ4n) is 12.4. The number of likely N-dealkylation sites (tertiary alicyclic amines) is 1. The van der Waals surface area contributed by atoms with Crippen LogP contribution in [0, 0.1) is 22.5 Å². The summed E-state index contributed by atoms with van der Waals surface area (Å²) in [5, 5.41) is 16.9. The summed E-state index contributed by atoms with van der Waals surface area (Å²) in [6, 6.07) is 18.0. The Morgan fingerprint density at radius 3 is 2.54 bits per heavy atom. The number of nitrogens with one attached hydrogen (secondary N) is 2. The molecule has 18 nitrogen and oxygen atoms in total. The second-order valence-electron chi connectivity index (χ2n) is 19.8. The van der Waals surface area contributed by atoms with E-state index in [-0.39, 0.29) is 63.6 Å². The van der Waals surface area contributed by atoms with E-state index in [1.807, 2.05) is 17.0 Å². The number of piperidine rings is 1. The first-order chi connectivity index (χ1) is 33.5. The van der Waals surface area contributed by atoms with E-state index in [1.165, 1.54) is 23.6 Å². The zero-order chi connectivity index (χ0) is 47.2. The maximum atomic E-state index is 16.1. The molecule has 7 aliphatic rings. The van der Waals surface area contributed by atoms with Gasteiger partial charge in [0.15, 0.2) is 11.4 Å². The van der Waals surface area contributed by atoms with Crippen LogP contribution in [0.15, 0.2) is 76.7 Å². The molecule has 4 N–H and O–H groups in total. The molecule has 5 fully saturated rings. The number of carbonyl (C=O) groups is 1. The molecule has 0 radical (unpaired) electrons. The third-order valence-corrected chi connectivity index (χ3v) is 17.7. The molecule has 1 amide bonds. The van der Waals surface area contributed by atoms with Crippen molar-refractivity contribution in [2.45, 2.75) is 98.0 Å². The first-order valence-corrected chi connectivity index (χ1v) is 25.7. The first kappa shape index (κ1) is 44.2. The van der Waals surface area contributed by atoms with E-state index < -0.39 is 50.6 Å². The smallest absolute Gasteiger partial charge is 0.297 e. The summed E-state index contributed by atoms with van der Waals surface area (Å²) < 4.78 is 62.3. The number of primary amides is 1. The largest absolute Gasteiger partial charge is 0.489 e. The van der Waals surface area contributed by atoms with Crippen LogP contribution in [0.3, 0.4) is 0 Å². The second-order valence-corrected chi connectivity index (χ2v) is 21.7. The Balaban J connectivity index is 0.960. The Kier molecular flexibility index (Phi) is 11.0. The molecular weight excluding hydrogens is 905 g/mol. The van der Waals surface area contributed by atoms with Gasteiger partial charge in [0.2, 0.25) is 15.7 Å². The molecule has 69 heavy (non-hydrogen) atoms. The number of aromatic nitrogens is 2. The van der Waals surface area contributed by atoms with Gasteiger partial charge in [0, 0.05) is 55.5 Å². The standard InChI is InChI=1S/C50H56N8O10S/c1-29-5-2-3-6-33(29)36-7-4-15-56(36)31-24-50(25-31)12-16-55(17-13-50)38-9-8-34(47(51)59)45(57-37-11-18-64-28-43(37)68-49-40(57)21-30-10-14-52-48(30)54-49)46(38)69(62,63)32-22-39(58(60)61)44-41(23-32)67-26-35(53-44)42-27-65-19-20-66-42/h2-3,5-6,8-10,14,21-23,31,35-37,42-43,53H,4,7,11-13,15-20,24-28H2,1H3,(H2,51,59)(H,52,54)/t35-,36+,37-,42-,43-/m1/s1. The Morgan fingerprint density at radius 2 is 1.75 bits per heavy atom. The number of nitrogens with two attached hydrogens (primary N) is 1. The number of pyridine rings is 1. The normalized spacial score (nSPS) is 25.7. The number of nitro benzene ring substituents is 1. The van der Waals surface area contributed by atoms with Gasteiger partial charge >= 0.3 is 0 Å². The summed E-state index contributed by atoms with van der Waals surface area (Å²) >= 11 is 0. The van der Waals surface area contributed by atoms with Crippen LogP contribution in [0.2, 0.25) is 0 Å². The third kappa shape index (κ3) is 7.55. The van der Waals surface area contributed by atoms with Crippen LogP contribution < -0.4 is 30.3 Å². The fraction of sp³-hybridized carbons (Fsp3) is 0.480. The van der Waals surface area contributed by atoms with Crippen molar-refractivity contribution in [2.24, 2.45) is 11.1 Å². The maximum absolute atomic E-state index is 16.1. The Morgan fingerprint density at radius 1 is 0.942 bits per heavy atom. The van der Waals surface area contributed by atoms with Crippen molar-refractivity contribution in [1.82, 2.24) is 14.9 Å². The molecular formula is C50H56N8O10S. The summed E-state index contributed by atoms with van der Waals surface area (Å²) in [5.74, 6) is -0.602. The summed E-state index contributed by atoms with van der Waals surface area (Å²) in [5.41, 5.74) is 10.1. The number of anilines is 4. The second kappa shape index (κ2) is 17.2. The van der Waals surface area contributed by atoms with Crippen molar-refractivity contribution in [1.29, 1.82) is 0 Å². The molecule has 1 spiro atoms. The average Bonchev–Trinajstić information content (AvgIpc) is 4.03. The number of nitro groups is 1. The van der Waals surface area contributed by atoms with Crippen LogP contribution in [-0.2, 0) is 24.0 Å². The number of benzene rings is 3. The van der Waals surface area contributed by atoms with Crippen molar-refractivity contribution < 1.29 is 41.8 Å². The minimum absolute atomic E-state index is 0.00675. The minimum atomic E-state index is -4.78. The summed E-state index contributed by atoms with van der Waals surface area (Å²) in [4.78, 5) is 40.3. The molecule has 19 heteroatoms. The van der Waals surface area contributed by atoms with E-state index in [2.05, 4.69) is 51.3 Å². The fourth-order valence-corrected chi connectivity index (χ4v) is 14.1. The van der Waals surface area contributed by atoms with Gasteiger partial charge in [0.05, 0.1) is 65.3 Å². The number of H-pyrrole nitrogens is 1. The van der Waals surface area contributed by atoms with Crippen molar-refractivity contribution in [3.8, 4) is 11.6 Å². The monoisotopic (exact) mass is 960 g/mol. The van der Waals surface area contributed by atoms with Crippen LogP contribution in [-0.4, -0.2) is 124 Å². The highest BCUT2D eigenvalue weighted by Crippen LogP contribution is 2.56. The van der Waals surface area contributed by atoms with Crippen LogP contribution >= 0.6 is 0 Å². The highest BCUT2D eigenvalue weighted by atomic mass is 32.2. The number of hydrogen-bond acceptors (Lipinski definition) is 15. The van der Waals surface area contributed by atoms with Gasteiger partial charge in [-0.3, -0.25) is 19.8 Å². The highest BCUT2D eigenvalue weighted by Gasteiger charge is 2.51. The van der Waals surface area contributed by atoms with Gasteiger partial charge in [-0.05, 0) is 99.2 Å². The molecule has 0 unspecified atom stereocenters. The lowest BCUT2D eigenvalue weighted by molar-refractivity contribution is -0.384. The number of amides is 1. The summed E-state index contributed by atoms with van der Waals surface area (Å²) in [7, 11) is -4.78. The predicted octanol–water partition coefficient (Wildman–Crippen LogP) is 6.57. The van der Waals surface area contributed by atoms with E-state index in [4.69, 9.17) is 34.4 Å². The number of aromatic amines is 1. The van der Waals surface area contributed by atoms with E-state index in [9.17, 15) is 14.9 Å². The summed E-state index contributed by atoms with van der Waals surface area (Å²) in [6.07, 6.45) is 7.31. The molecule has 5 atom stereocenters. The molecule has 1 saturated carbocycles. The maximum Gasteiger partial charge on any atom is 0.297 e. The number of fused-ring (bicyclic) bond motifs is 4. The third-order valence-electron chi connectivity index (χ3n) is 15.9. The number of aryl methyl sites for hydroxylation is 1. The van der Waals surface area contributed by atoms with Crippen LogP contribution in [0.1, 0.15) is 72.5 Å². The molecule has 5 aromatic rings. The van der Waals surface area contributed by atoms with Crippen molar-refractivity contribution in [3.63, 3.8) is 0 Å². The Hall–Kier alpha value is -5.99. The molecule has 12 rings (SSSR count). The van der Waals surface area contributed by atoms with Gasteiger partial charge in [-0.1, -0.05) is 24.3 Å². The SMILES string of the molecule is Cc1ccccc1[C@@H]1CCCN1C1CC2(CCN(c3ccc(C(N)=O)c(N4c5cc6cc[nH]c6nc5O[C@@H]5COCC[C@H]54)c3S(=O)(=O)c3cc4c(c([N+](=O)[O-])c3)N[C@@H]([C@H]3COCCO3)CO4)CC2)C1. The zero-order valence-corrected chi connectivity index (χ0v) is 39.2.